The summed E-state index contributed by atoms with van der Waals surface area (Å²) in [6.07, 6.45) is 0.584. The number of likely N-dealkylation sites (tertiary alicyclic amines) is 1. The van der Waals surface area contributed by atoms with Crippen LogP contribution in [0, 0.1) is 0 Å². The number of nitrogens with zero attached hydrogens (tertiary/aromatic N) is 1. The van der Waals surface area contributed by atoms with Crippen LogP contribution in [0.3, 0.4) is 0 Å². The third kappa shape index (κ3) is 3.74. The van der Waals surface area contributed by atoms with Gasteiger partial charge in [0.05, 0.1) is 11.6 Å². The van der Waals surface area contributed by atoms with Crippen LogP contribution in [-0.4, -0.2) is 28.2 Å². The number of rotatable bonds is 5. The van der Waals surface area contributed by atoms with Crippen LogP contribution in [-0.2, 0) is 16.0 Å². The van der Waals surface area contributed by atoms with E-state index in [2.05, 4.69) is 0 Å². The number of benzene rings is 3. The maximum Gasteiger partial charge on any atom is 0.295 e. The Hall–Kier alpha value is -3.37. The molecule has 0 aliphatic carbocycles. The van der Waals surface area contributed by atoms with Crippen LogP contribution in [0.4, 0.5) is 0 Å². The Morgan fingerprint density at radius 3 is 2.13 bits per heavy atom. The molecule has 150 valence electrons. The first-order chi connectivity index (χ1) is 14.6. The van der Waals surface area contributed by atoms with Crippen LogP contribution in [0.2, 0.25) is 5.02 Å². The lowest BCUT2D eigenvalue weighted by molar-refractivity contribution is -0.139. The van der Waals surface area contributed by atoms with E-state index in [1.165, 1.54) is 4.90 Å². The van der Waals surface area contributed by atoms with Crippen molar-refractivity contribution in [1.29, 1.82) is 0 Å². The van der Waals surface area contributed by atoms with E-state index in [1.807, 2.05) is 36.4 Å². The van der Waals surface area contributed by atoms with Gasteiger partial charge in [0.25, 0.3) is 11.7 Å². The summed E-state index contributed by atoms with van der Waals surface area (Å²) in [5.41, 5.74) is 2.22. The number of ketones is 1. The number of aliphatic hydroxyl groups excluding tert-OH is 1. The minimum Gasteiger partial charge on any atom is -0.507 e. The van der Waals surface area contributed by atoms with Crippen molar-refractivity contribution < 1.29 is 14.7 Å². The predicted octanol–water partition coefficient (Wildman–Crippen LogP) is 5.00. The molecule has 1 saturated heterocycles. The monoisotopic (exact) mass is 417 g/mol. The molecule has 4 nitrogen and oxygen atoms in total. The Labute approximate surface area is 180 Å². The van der Waals surface area contributed by atoms with Gasteiger partial charge in [0.2, 0.25) is 0 Å². The van der Waals surface area contributed by atoms with E-state index in [1.54, 1.807) is 48.5 Å². The molecule has 1 aliphatic heterocycles. The zero-order valence-corrected chi connectivity index (χ0v) is 16.9. The maximum absolute atomic E-state index is 13.0. The van der Waals surface area contributed by atoms with Crippen LogP contribution < -0.4 is 0 Å². The van der Waals surface area contributed by atoms with Gasteiger partial charge < -0.3 is 10.0 Å². The zero-order chi connectivity index (χ0) is 21.1. The SMILES string of the molecule is O=C1C(=O)N(CCc2ccccc2)[C@H](c2ccccc2Cl)C1=C(O)c1ccccc1. The topological polar surface area (TPSA) is 57.6 Å². The number of carbonyl (C=O) groups is 2. The second-order valence-corrected chi connectivity index (χ2v) is 7.52. The lowest BCUT2D eigenvalue weighted by Crippen LogP contribution is -2.31. The van der Waals surface area contributed by atoms with Gasteiger partial charge in [-0.1, -0.05) is 90.5 Å². The van der Waals surface area contributed by atoms with Crippen molar-refractivity contribution in [2.45, 2.75) is 12.5 Å². The summed E-state index contributed by atoms with van der Waals surface area (Å²) in [7, 11) is 0. The Bertz CT molecular complexity index is 1110. The summed E-state index contributed by atoms with van der Waals surface area (Å²) in [6.45, 7) is 0.329. The van der Waals surface area contributed by atoms with Crippen LogP contribution in [0.1, 0.15) is 22.7 Å². The molecule has 0 unspecified atom stereocenters. The van der Waals surface area contributed by atoms with Crippen molar-refractivity contribution >= 4 is 29.1 Å². The molecule has 3 aromatic carbocycles. The predicted molar refractivity (Wildman–Crippen MR) is 117 cm³/mol. The van der Waals surface area contributed by atoms with Gasteiger partial charge in [0, 0.05) is 17.1 Å². The Morgan fingerprint density at radius 1 is 0.867 bits per heavy atom. The molecule has 0 aromatic heterocycles. The first-order valence-electron chi connectivity index (χ1n) is 9.70. The summed E-state index contributed by atoms with van der Waals surface area (Å²) in [5.74, 6) is -1.52. The van der Waals surface area contributed by atoms with Gasteiger partial charge in [-0.05, 0) is 23.6 Å². The van der Waals surface area contributed by atoms with E-state index in [0.717, 1.165) is 5.56 Å². The van der Waals surface area contributed by atoms with Gasteiger partial charge in [0.15, 0.2) is 0 Å². The maximum atomic E-state index is 13.0. The molecule has 1 amide bonds. The van der Waals surface area contributed by atoms with E-state index in [-0.39, 0.29) is 11.3 Å². The first kappa shape index (κ1) is 19.9. The average molecular weight is 418 g/mol. The Balaban J connectivity index is 1.80. The number of hydrogen-bond acceptors (Lipinski definition) is 3. The van der Waals surface area contributed by atoms with Crippen molar-refractivity contribution in [3.63, 3.8) is 0 Å². The quantitative estimate of drug-likeness (QED) is 0.361. The number of amides is 1. The van der Waals surface area contributed by atoms with Crippen LogP contribution >= 0.6 is 11.6 Å². The summed E-state index contributed by atoms with van der Waals surface area (Å²) in [6, 6.07) is 24.9. The zero-order valence-electron chi connectivity index (χ0n) is 16.2. The third-order valence-corrected chi connectivity index (χ3v) is 5.62. The highest BCUT2D eigenvalue weighted by molar-refractivity contribution is 6.47. The molecule has 1 atom stereocenters. The fourth-order valence-corrected chi connectivity index (χ4v) is 4.02. The van der Waals surface area contributed by atoms with Gasteiger partial charge in [0.1, 0.15) is 5.76 Å². The molecule has 5 heteroatoms. The second kappa shape index (κ2) is 8.56. The fourth-order valence-electron chi connectivity index (χ4n) is 3.78. The number of hydrogen-bond donors (Lipinski definition) is 1. The largest absolute Gasteiger partial charge is 0.507 e. The van der Waals surface area contributed by atoms with Crippen molar-refractivity contribution in [3.8, 4) is 0 Å². The van der Waals surface area contributed by atoms with Crippen molar-refractivity contribution in [1.82, 2.24) is 4.90 Å². The number of aliphatic hydroxyl groups is 1. The normalized spacial score (nSPS) is 18.0. The van der Waals surface area contributed by atoms with Crippen LogP contribution in [0.25, 0.3) is 5.76 Å². The molecule has 1 heterocycles. The minimum absolute atomic E-state index is 0.0624. The summed E-state index contributed by atoms with van der Waals surface area (Å²) < 4.78 is 0. The number of carbonyl (C=O) groups excluding carboxylic acids is 2. The van der Waals surface area contributed by atoms with Crippen LogP contribution in [0.5, 0.6) is 0 Å². The lowest BCUT2D eigenvalue weighted by Gasteiger charge is -2.26. The highest BCUT2D eigenvalue weighted by Gasteiger charge is 2.46. The molecule has 0 bridgehead atoms. The van der Waals surface area contributed by atoms with Crippen LogP contribution in [0.15, 0.2) is 90.5 Å². The molecular weight excluding hydrogens is 398 g/mol. The highest BCUT2D eigenvalue weighted by Crippen LogP contribution is 2.41. The summed E-state index contributed by atoms with van der Waals surface area (Å²) in [5, 5.41) is 11.4. The molecule has 1 fully saturated rings. The van der Waals surface area contributed by atoms with E-state index in [0.29, 0.717) is 29.1 Å². The summed E-state index contributed by atoms with van der Waals surface area (Å²) >= 11 is 6.44. The average Bonchev–Trinajstić information content (AvgIpc) is 3.03. The third-order valence-electron chi connectivity index (χ3n) is 5.27. The second-order valence-electron chi connectivity index (χ2n) is 7.12. The van der Waals surface area contributed by atoms with E-state index in [4.69, 9.17) is 11.6 Å². The van der Waals surface area contributed by atoms with Crippen molar-refractivity contribution in [2.24, 2.45) is 0 Å². The molecule has 4 rings (SSSR count). The van der Waals surface area contributed by atoms with E-state index >= 15 is 0 Å². The van der Waals surface area contributed by atoms with Gasteiger partial charge in [-0.2, -0.15) is 0 Å². The molecule has 0 spiro atoms. The molecule has 0 saturated carbocycles. The van der Waals surface area contributed by atoms with Gasteiger partial charge in [-0.15, -0.1) is 0 Å². The van der Waals surface area contributed by atoms with Crippen molar-refractivity contribution in [3.05, 3.63) is 112 Å². The Morgan fingerprint density at radius 2 is 1.47 bits per heavy atom. The molecule has 3 aromatic rings. The Kier molecular flexibility index (Phi) is 5.68. The molecule has 0 radical (unpaired) electrons. The molecule has 1 N–H and O–H groups in total. The van der Waals surface area contributed by atoms with E-state index < -0.39 is 17.7 Å². The molecule has 30 heavy (non-hydrogen) atoms. The number of Topliss-reactive ketones (excluding diaryl/α,β-unsaturated/α-hetero) is 1. The first-order valence-corrected chi connectivity index (χ1v) is 10.1. The van der Waals surface area contributed by atoms with Gasteiger partial charge in [-0.3, -0.25) is 9.59 Å². The van der Waals surface area contributed by atoms with Crippen molar-refractivity contribution in [2.75, 3.05) is 6.54 Å². The smallest absolute Gasteiger partial charge is 0.295 e. The highest BCUT2D eigenvalue weighted by atomic mass is 35.5. The standard InChI is InChI=1S/C25H20ClNO3/c26-20-14-8-7-13-19(20)22-21(23(28)18-11-5-2-6-12-18)24(29)25(30)27(22)16-15-17-9-3-1-4-10-17/h1-14,22,28H,15-16H2/t22-/m1/s1. The van der Waals surface area contributed by atoms with Gasteiger partial charge in [-0.25, -0.2) is 0 Å². The lowest BCUT2D eigenvalue weighted by atomic mass is 9.95. The minimum atomic E-state index is -0.748. The fraction of sp³-hybridized carbons (Fsp3) is 0.120. The summed E-state index contributed by atoms with van der Waals surface area (Å²) in [4.78, 5) is 27.4. The molecular formula is C25H20ClNO3. The van der Waals surface area contributed by atoms with E-state index in [9.17, 15) is 14.7 Å². The number of halogens is 1. The van der Waals surface area contributed by atoms with Gasteiger partial charge >= 0.3 is 0 Å². The molecule has 1 aliphatic rings.